The van der Waals surface area contributed by atoms with E-state index in [2.05, 4.69) is 15.8 Å². The minimum atomic E-state index is -0.396. The third kappa shape index (κ3) is 5.21. The molecule has 27 heavy (non-hydrogen) atoms. The second-order valence-corrected chi connectivity index (χ2v) is 5.40. The Balaban J connectivity index is 2.12. The first kappa shape index (κ1) is 19.8. The highest BCUT2D eigenvalue weighted by Crippen LogP contribution is 2.32. The molecular weight excluding hydrogens is 350 g/mol. The standard InChI is InChI=1S/C19H21N3O5/c1-12(23)21-14-7-5-13(6-8-14)19(24)22-20-11-16-17(26-3)9-15(25-2)10-18(16)27-4/h5-11H,1-4H3,(H,21,23)(H,22,24)/b20-11-. The Morgan fingerprint density at radius 2 is 1.56 bits per heavy atom. The summed E-state index contributed by atoms with van der Waals surface area (Å²) in [5.74, 6) is 0.975. The smallest absolute Gasteiger partial charge is 0.271 e. The molecule has 2 amide bonds. The van der Waals surface area contributed by atoms with E-state index in [1.54, 1.807) is 43.5 Å². The van der Waals surface area contributed by atoms with Crippen LogP contribution in [-0.4, -0.2) is 39.4 Å². The van der Waals surface area contributed by atoms with Gasteiger partial charge in [-0.05, 0) is 24.3 Å². The van der Waals surface area contributed by atoms with Crippen molar-refractivity contribution in [2.75, 3.05) is 26.6 Å². The highest BCUT2D eigenvalue weighted by atomic mass is 16.5. The SMILES string of the molecule is COc1cc(OC)c(/C=N\NC(=O)c2ccc(NC(C)=O)cc2)c(OC)c1. The second-order valence-electron chi connectivity index (χ2n) is 5.40. The van der Waals surface area contributed by atoms with Crippen molar-refractivity contribution < 1.29 is 23.8 Å². The van der Waals surface area contributed by atoms with Crippen LogP contribution in [0.15, 0.2) is 41.5 Å². The van der Waals surface area contributed by atoms with Crippen molar-refractivity contribution in [3.05, 3.63) is 47.5 Å². The van der Waals surface area contributed by atoms with Gasteiger partial charge in [-0.25, -0.2) is 5.43 Å². The topological polar surface area (TPSA) is 98.3 Å². The lowest BCUT2D eigenvalue weighted by Gasteiger charge is -2.12. The average molecular weight is 371 g/mol. The average Bonchev–Trinajstić information content (AvgIpc) is 2.67. The summed E-state index contributed by atoms with van der Waals surface area (Å²) in [5.41, 5.74) is 4.00. The van der Waals surface area contributed by atoms with E-state index in [1.807, 2.05) is 0 Å². The van der Waals surface area contributed by atoms with E-state index in [4.69, 9.17) is 14.2 Å². The summed E-state index contributed by atoms with van der Waals surface area (Å²) < 4.78 is 15.8. The number of hydrazone groups is 1. The molecule has 0 radical (unpaired) electrons. The maximum absolute atomic E-state index is 12.2. The molecule has 0 spiro atoms. The molecule has 8 nitrogen and oxygen atoms in total. The van der Waals surface area contributed by atoms with Crippen LogP contribution in [0, 0.1) is 0 Å². The Bertz CT molecular complexity index is 822. The monoisotopic (exact) mass is 371 g/mol. The minimum Gasteiger partial charge on any atom is -0.496 e. The number of carbonyl (C=O) groups is 2. The van der Waals surface area contributed by atoms with Crippen LogP contribution in [0.2, 0.25) is 0 Å². The fourth-order valence-electron chi connectivity index (χ4n) is 2.29. The number of anilines is 1. The van der Waals surface area contributed by atoms with Gasteiger partial charge in [-0.1, -0.05) is 0 Å². The molecule has 0 saturated carbocycles. The summed E-state index contributed by atoms with van der Waals surface area (Å²) in [7, 11) is 4.57. The van der Waals surface area contributed by atoms with Gasteiger partial charge in [0.05, 0.1) is 33.1 Å². The zero-order valence-electron chi connectivity index (χ0n) is 15.5. The van der Waals surface area contributed by atoms with Gasteiger partial charge in [0.1, 0.15) is 17.2 Å². The van der Waals surface area contributed by atoms with Crippen LogP contribution in [0.4, 0.5) is 5.69 Å². The molecule has 0 aliphatic rings. The van der Waals surface area contributed by atoms with Crippen LogP contribution in [0.25, 0.3) is 0 Å². The predicted octanol–water partition coefficient (Wildman–Crippen LogP) is 2.43. The normalized spacial score (nSPS) is 10.4. The summed E-state index contributed by atoms with van der Waals surface area (Å²) in [6, 6.07) is 9.82. The van der Waals surface area contributed by atoms with E-state index in [1.165, 1.54) is 27.4 Å². The lowest BCUT2D eigenvalue weighted by Crippen LogP contribution is -2.17. The zero-order chi connectivity index (χ0) is 19.8. The summed E-state index contributed by atoms with van der Waals surface area (Å²) in [6.07, 6.45) is 1.43. The minimum absolute atomic E-state index is 0.181. The molecule has 2 N–H and O–H groups in total. The van der Waals surface area contributed by atoms with Gasteiger partial charge < -0.3 is 19.5 Å². The number of hydrogen-bond donors (Lipinski definition) is 2. The van der Waals surface area contributed by atoms with Gasteiger partial charge in [0.15, 0.2) is 0 Å². The Kier molecular flexibility index (Phi) is 6.76. The highest BCUT2D eigenvalue weighted by molar-refractivity contribution is 5.96. The van der Waals surface area contributed by atoms with Gasteiger partial charge >= 0.3 is 0 Å². The van der Waals surface area contributed by atoms with Crippen LogP contribution in [0.5, 0.6) is 17.2 Å². The number of amides is 2. The molecular formula is C19H21N3O5. The van der Waals surface area contributed by atoms with Crippen LogP contribution in [0.1, 0.15) is 22.8 Å². The van der Waals surface area contributed by atoms with Crippen molar-refractivity contribution in [2.45, 2.75) is 6.92 Å². The molecule has 2 rings (SSSR count). The lowest BCUT2D eigenvalue weighted by molar-refractivity contribution is -0.114. The molecule has 2 aromatic rings. The van der Waals surface area contributed by atoms with Crippen LogP contribution in [0.3, 0.4) is 0 Å². The second kappa shape index (κ2) is 9.23. The van der Waals surface area contributed by atoms with E-state index in [0.29, 0.717) is 34.1 Å². The summed E-state index contributed by atoms with van der Waals surface area (Å²) in [4.78, 5) is 23.2. The molecule has 0 bridgehead atoms. The van der Waals surface area contributed by atoms with Crippen LogP contribution >= 0.6 is 0 Å². The number of benzene rings is 2. The van der Waals surface area contributed by atoms with E-state index in [9.17, 15) is 9.59 Å². The Morgan fingerprint density at radius 1 is 0.963 bits per heavy atom. The number of nitrogens with one attached hydrogen (secondary N) is 2. The third-order valence-electron chi connectivity index (χ3n) is 3.58. The number of hydrogen-bond acceptors (Lipinski definition) is 6. The maximum atomic E-state index is 12.2. The summed E-state index contributed by atoms with van der Waals surface area (Å²) >= 11 is 0. The number of carbonyl (C=O) groups excluding carboxylic acids is 2. The Morgan fingerprint density at radius 3 is 2.04 bits per heavy atom. The van der Waals surface area contributed by atoms with Gasteiger partial charge in [0, 0.05) is 30.3 Å². The summed E-state index contributed by atoms with van der Waals surface area (Å²) in [6.45, 7) is 1.41. The van der Waals surface area contributed by atoms with E-state index < -0.39 is 5.91 Å². The molecule has 0 saturated heterocycles. The number of nitrogens with zero attached hydrogens (tertiary/aromatic N) is 1. The van der Waals surface area contributed by atoms with E-state index in [-0.39, 0.29) is 5.91 Å². The fourth-order valence-corrected chi connectivity index (χ4v) is 2.29. The van der Waals surface area contributed by atoms with E-state index >= 15 is 0 Å². The van der Waals surface area contributed by atoms with E-state index in [0.717, 1.165) is 0 Å². The van der Waals surface area contributed by atoms with Gasteiger partial charge in [-0.3, -0.25) is 9.59 Å². The molecule has 8 heteroatoms. The molecule has 0 aliphatic heterocycles. The molecule has 0 fully saturated rings. The van der Waals surface area contributed by atoms with Crippen molar-refractivity contribution in [3.63, 3.8) is 0 Å². The van der Waals surface area contributed by atoms with Gasteiger partial charge in [-0.2, -0.15) is 5.10 Å². The molecule has 0 heterocycles. The quantitative estimate of drug-likeness (QED) is 0.575. The molecule has 2 aromatic carbocycles. The predicted molar refractivity (Wildman–Crippen MR) is 102 cm³/mol. The number of methoxy groups -OCH3 is 3. The first-order valence-corrected chi connectivity index (χ1v) is 7.99. The first-order chi connectivity index (χ1) is 13.0. The van der Waals surface area contributed by atoms with Crippen molar-refractivity contribution in [1.29, 1.82) is 0 Å². The molecule has 0 aliphatic carbocycles. The van der Waals surface area contributed by atoms with Crippen LogP contribution < -0.4 is 25.0 Å². The lowest BCUT2D eigenvalue weighted by atomic mass is 10.2. The van der Waals surface area contributed by atoms with Crippen molar-refractivity contribution in [2.24, 2.45) is 5.10 Å². The number of ether oxygens (including phenoxy) is 3. The van der Waals surface area contributed by atoms with Crippen molar-refractivity contribution in [3.8, 4) is 17.2 Å². The zero-order valence-corrected chi connectivity index (χ0v) is 15.5. The maximum Gasteiger partial charge on any atom is 0.271 e. The molecule has 0 atom stereocenters. The van der Waals surface area contributed by atoms with Gasteiger partial charge in [0.2, 0.25) is 5.91 Å². The summed E-state index contributed by atoms with van der Waals surface area (Å²) in [5, 5.41) is 6.60. The third-order valence-corrected chi connectivity index (χ3v) is 3.58. The molecule has 0 unspecified atom stereocenters. The first-order valence-electron chi connectivity index (χ1n) is 7.99. The highest BCUT2D eigenvalue weighted by Gasteiger charge is 2.12. The Labute approximate surface area is 157 Å². The van der Waals surface area contributed by atoms with Crippen molar-refractivity contribution in [1.82, 2.24) is 5.43 Å². The fraction of sp³-hybridized carbons (Fsp3) is 0.211. The Hall–Kier alpha value is -3.55. The molecule has 0 aromatic heterocycles. The largest absolute Gasteiger partial charge is 0.496 e. The van der Waals surface area contributed by atoms with Crippen molar-refractivity contribution >= 4 is 23.7 Å². The van der Waals surface area contributed by atoms with Crippen LogP contribution in [-0.2, 0) is 4.79 Å². The van der Waals surface area contributed by atoms with Gasteiger partial charge in [-0.15, -0.1) is 0 Å². The number of rotatable bonds is 7. The molecule has 142 valence electrons. The van der Waals surface area contributed by atoms with Gasteiger partial charge in [0.25, 0.3) is 5.91 Å².